The van der Waals surface area contributed by atoms with Gasteiger partial charge < -0.3 is 4.90 Å². The maximum absolute atomic E-state index is 2.33. The van der Waals surface area contributed by atoms with Crippen molar-refractivity contribution < 1.29 is 0 Å². The average molecular weight is 225 g/mol. The van der Waals surface area contributed by atoms with Crippen LogP contribution in [0.4, 0.5) is 11.4 Å². The van der Waals surface area contributed by atoms with E-state index in [1.807, 2.05) is 0 Å². The van der Waals surface area contributed by atoms with Crippen molar-refractivity contribution in [3.05, 3.63) is 59.7 Å². The fraction of sp³-hybridized carbons (Fsp3) is 0.250. The van der Waals surface area contributed by atoms with E-state index < -0.39 is 0 Å². The predicted octanol–water partition coefficient (Wildman–Crippen LogP) is 4.46. The van der Waals surface area contributed by atoms with Crippen LogP contribution in [0, 0.1) is 13.8 Å². The van der Waals surface area contributed by atoms with Gasteiger partial charge >= 0.3 is 0 Å². The molecule has 0 heterocycles. The molecule has 0 aliphatic heterocycles. The lowest BCUT2D eigenvalue weighted by atomic mass is 10.1. The third kappa shape index (κ3) is 2.68. The molecule has 2 aromatic rings. The first-order chi connectivity index (χ1) is 8.20. The van der Waals surface area contributed by atoms with Gasteiger partial charge in [0.15, 0.2) is 0 Å². The fourth-order valence-electron chi connectivity index (χ4n) is 2.23. The first-order valence-corrected chi connectivity index (χ1v) is 6.11. The molecule has 0 unspecified atom stereocenters. The van der Waals surface area contributed by atoms with Crippen molar-refractivity contribution in [2.75, 3.05) is 11.4 Å². The standard InChI is InChI=1S/C16H19N/c1-4-17(15-8-6-5-7-9-15)16-11-13(2)10-14(3)12-16/h5-12H,4H2,1-3H3. The molecule has 0 atom stereocenters. The Kier molecular flexibility index (Phi) is 3.48. The molecule has 0 amide bonds. The van der Waals surface area contributed by atoms with Crippen LogP contribution in [0.15, 0.2) is 48.5 Å². The Morgan fingerprint density at radius 2 is 1.41 bits per heavy atom. The molecule has 0 aliphatic rings. The Labute approximate surface area is 104 Å². The molecule has 88 valence electrons. The van der Waals surface area contributed by atoms with E-state index in [0.29, 0.717) is 0 Å². The molecule has 0 saturated heterocycles. The monoisotopic (exact) mass is 225 g/mol. The van der Waals surface area contributed by atoms with Gasteiger partial charge in [0, 0.05) is 17.9 Å². The summed E-state index contributed by atoms with van der Waals surface area (Å²) in [6, 6.07) is 17.2. The Balaban J connectivity index is 2.42. The van der Waals surface area contributed by atoms with Crippen molar-refractivity contribution in [1.82, 2.24) is 0 Å². The van der Waals surface area contributed by atoms with E-state index in [1.54, 1.807) is 0 Å². The van der Waals surface area contributed by atoms with E-state index in [2.05, 4.69) is 74.2 Å². The van der Waals surface area contributed by atoms with Gasteiger partial charge in [-0.1, -0.05) is 24.3 Å². The van der Waals surface area contributed by atoms with Crippen LogP contribution in [-0.4, -0.2) is 6.54 Å². The summed E-state index contributed by atoms with van der Waals surface area (Å²) in [6.45, 7) is 7.46. The molecule has 17 heavy (non-hydrogen) atoms. The minimum absolute atomic E-state index is 0.979. The molecular weight excluding hydrogens is 206 g/mol. The highest BCUT2D eigenvalue weighted by Crippen LogP contribution is 2.26. The normalized spacial score (nSPS) is 10.3. The number of aryl methyl sites for hydroxylation is 2. The Morgan fingerprint density at radius 1 is 0.824 bits per heavy atom. The third-order valence-corrected chi connectivity index (χ3v) is 2.90. The Bertz CT molecular complexity index is 468. The van der Waals surface area contributed by atoms with Crippen LogP contribution in [0.1, 0.15) is 18.1 Å². The lowest BCUT2D eigenvalue weighted by Crippen LogP contribution is -2.16. The zero-order chi connectivity index (χ0) is 12.3. The average Bonchev–Trinajstić information content (AvgIpc) is 2.30. The molecule has 2 aromatic carbocycles. The van der Waals surface area contributed by atoms with Crippen molar-refractivity contribution in [3.8, 4) is 0 Å². The second-order valence-corrected chi connectivity index (χ2v) is 4.43. The molecule has 1 nitrogen and oxygen atoms in total. The van der Waals surface area contributed by atoms with Gasteiger partial charge in [-0.25, -0.2) is 0 Å². The molecule has 2 rings (SSSR count). The van der Waals surface area contributed by atoms with Gasteiger partial charge in [0.1, 0.15) is 0 Å². The second kappa shape index (κ2) is 5.05. The molecule has 0 N–H and O–H groups in total. The summed E-state index contributed by atoms with van der Waals surface area (Å²) in [5.74, 6) is 0. The fourth-order valence-corrected chi connectivity index (χ4v) is 2.23. The minimum Gasteiger partial charge on any atom is -0.342 e. The first kappa shape index (κ1) is 11.7. The maximum atomic E-state index is 2.33. The lowest BCUT2D eigenvalue weighted by Gasteiger charge is -2.24. The summed E-state index contributed by atoms with van der Waals surface area (Å²) in [5, 5.41) is 0. The van der Waals surface area contributed by atoms with E-state index in [9.17, 15) is 0 Å². The Morgan fingerprint density at radius 3 is 1.94 bits per heavy atom. The van der Waals surface area contributed by atoms with Crippen molar-refractivity contribution in [3.63, 3.8) is 0 Å². The van der Waals surface area contributed by atoms with Crippen LogP contribution in [0.3, 0.4) is 0 Å². The molecule has 0 bridgehead atoms. The van der Waals surface area contributed by atoms with Crippen molar-refractivity contribution in [1.29, 1.82) is 0 Å². The van der Waals surface area contributed by atoms with Gasteiger partial charge in [-0.15, -0.1) is 0 Å². The smallest absolute Gasteiger partial charge is 0.0415 e. The Hall–Kier alpha value is -1.76. The highest BCUT2D eigenvalue weighted by Gasteiger charge is 2.07. The second-order valence-electron chi connectivity index (χ2n) is 4.43. The van der Waals surface area contributed by atoms with Crippen LogP contribution in [0.25, 0.3) is 0 Å². The molecule has 0 aliphatic carbocycles. The topological polar surface area (TPSA) is 3.24 Å². The van der Waals surface area contributed by atoms with E-state index in [0.717, 1.165) is 6.54 Å². The van der Waals surface area contributed by atoms with Gasteiger partial charge in [-0.3, -0.25) is 0 Å². The van der Waals surface area contributed by atoms with Crippen molar-refractivity contribution in [2.45, 2.75) is 20.8 Å². The van der Waals surface area contributed by atoms with Gasteiger partial charge in [-0.05, 0) is 56.2 Å². The molecule has 1 heteroatoms. The van der Waals surface area contributed by atoms with Gasteiger partial charge in [0.05, 0.1) is 0 Å². The van der Waals surface area contributed by atoms with E-state index in [1.165, 1.54) is 22.5 Å². The zero-order valence-electron chi connectivity index (χ0n) is 10.8. The maximum Gasteiger partial charge on any atom is 0.0415 e. The van der Waals surface area contributed by atoms with Crippen LogP contribution < -0.4 is 4.90 Å². The predicted molar refractivity (Wildman–Crippen MR) is 75.0 cm³/mol. The quantitative estimate of drug-likeness (QED) is 0.745. The molecule has 0 saturated carbocycles. The number of nitrogens with zero attached hydrogens (tertiary/aromatic N) is 1. The summed E-state index contributed by atoms with van der Waals surface area (Å²) in [5.41, 5.74) is 5.15. The van der Waals surface area contributed by atoms with Crippen LogP contribution in [0.5, 0.6) is 0 Å². The number of benzene rings is 2. The number of hydrogen-bond acceptors (Lipinski definition) is 1. The van der Waals surface area contributed by atoms with E-state index >= 15 is 0 Å². The molecular formula is C16H19N. The highest BCUT2D eigenvalue weighted by molar-refractivity contribution is 5.64. The number of anilines is 2. The molecule has 0 spiro atoms. The lowest BCUT2D eigenvalue weighted by molar-refractivity contribution is 1.02. The van der Waals surface area contributed by atoms with E-state index in [4.69, 9.17) is 0 Å². The van der Waals surface area contributed by atoms with Crippen LogP contribution >= 0.6 is 0 Å². The number of rotatable bonds is 3. The number of para-hydroxylation sites is 1. The van der Waals surface area contributed by atoms with Crippen molar-refractivity contribution >= 4 is 11.4 Å². The largest absolute Gasteiger partial charge is 0.342 e. The summed E-state index contributed by atoms with van der Waals surface area (Å²) >= 11 is 0. The molecule has 0 radical (unpaired) electrons. The van der Waals surface area contributed by atoms with Gasteiger partial charge in [-0.2, -0.15) is 0 Å². The number of hydrogen-bond donors (Lipinski definition) is 0. The van der Waals surface area contributed by atoms with Crippen molar-refractivity contribution in [2.24, 2.45) is 0 Å². The van der Waals surface area contributed by atoms with E-state index in [-0.39, 0.29) is 0 Å². The zero-order valence-corrected chi connectivity index (χ0v) is 10.8. The first-order valence-electron chi connectivity index (χ1n) is 6.11. The molecule has 0 aromatic heterocycles. The van der Waals surface area contributed by atoms with Gasteiger partial charge in [0.25, 0.3) is 0 Å². The van der Waals surface area contributed by atoms with Gasteiger partial charge in [0.2, 0.25) is 0 Å². The van der Waals surface area contributed by atoms with Crippen LogP contribution in [-0.2, 0) is 0 Å². The SMILES string of the molecule is CCN(c1ccccc1)c1cc(C)cc(C)c1. The summed E-state index contributed by atoms with van der Waals surface area (Å²) < 4.78 is 0. The third-order valence-electron chi connectivity index (χ3n) is 2.90. The highest BCUT2D eigenvalue weighted by atomic mass is 15.1. The minimum atomic E-state index is 0.979. The summed E-state index contributed by atoms with van der Waals surface area (Å²) in [7, 11) is 0. The summed E-state index contributed by atoms with van der Waals surface area (Å²) in [4.78, 5) is 2.33. The van der Waals surface area contributed by atoms with Crippen LogP contribution in [0.2, 0.25) is 0 Å². The summed E-state index contributed by atoms with van der Waals surface area (Å²) in [6.07, 6.45) is 0. The molecule has 0 fully saturated rings.